The lowest BCUT2D eigenvalue weighted by Crippen LogP contribution is -2.38. The molecule has 4 rings (SSSR count). The van der Waals surface area contributed by atoms with Gasteiger partial charge in [-0.15, -0.1) is 0 Å². The van der Waals surface area contributed by atoms with Crippen LogP contribution in [0.3, 0.4) is 0 Å². The normalized spacial score (nSPS) is 20.1. The molecular formula is C21H23F2N5O2. The second-order valence-electron chi connectivity index (χ2n) is 7.65. The van der Waals surface area contributed by atoms with Crippen molar-refractivity contribution in [3.63, 3.8) is 0 Å². The molecule has 2 heterocycles. The topological polar surface area (TPSA) is 91.5 Å². The van der Waals surface area contributed by atoms with Crippen molar-refractivity contribution < 1.29 is 18.7 Å². The summed E-state index contributed by atoms with van der Waals surface area (Å²) in [6, 6.07) is 4.42. The third-order valence-electron chi connectivity index (χ3n) is 5.43. The molecule has 3 N–H and O–H groups in total. The number of aromatic nitrogens is 3. The Hall–Kier alpha value is -3.07. The van der Waals surface area contributed by atoms with E-state index in [4.69, 9.17) is 0 Å². The number of carbonyl (C=O) groups excluding carboxylic acids is 1. The van der Waals surface area contributed by atoms with Crippen molar-refractivity contribution in [2.45, 2.75) is 50.8 Å². The molecule has 1 aromatic carbocycles. The average Bonchev–Trinajstić information content (AvgIpc) is 3.15. The van der Waals surface area contributed by atoms with Crippen LogP contribution in [0.4, 0.5) is 14.6 Å². The minimum Gasteiger partial charge on any atom is -0.393 e. The zero-order chi connectivity index (χ0) is 21.3. The first kappa shape index (κ1) is 20.2. The highest BCUT2D eigenvalue weighted by Gasteiger charge is 2.23. The Labute approximate surface area is 172 Å². The molecule has 7 nitrogen and oxygen atoms in total. The molecule has 0 saturated heterocycles. The Balaban J connectivity index is 1.52. The summed E-state index contributed by atoms with van der Waals surface area (Å²) in [4.78, 5) is 17.2. The molecule has 0 spiro atoms. The number of anilines is 1. The second-order valence-corrected chi connectivity index (χ2v) is 7.65. The van der Waals surface area contributed by atoms with Gasteiger partial charge in [-0.3, -0.25) is 4.79 Å². The first-order valence-electron chi connectivity index (χ1n) is 9.95. The van der Waals surface area contributed by atoms with Crippen molar-refractivity contribution >= 4 is 17.4 Å². The Bertz CT molecular complexity index is 1060. The van der Waals surface area contributed by atoms with Crippen LogP contribution in [0.1, 0.15) is 54.6 Å². The van der Waals surface area contributed by atoms with E-state index >= 15 is 0 Å². The molecule has 158 valence electrons. The van der Waals surface area contributed by atoms with E-state index in [9.17, 15) is 18.7 Å². The highest BCUT2D eigenvalue weighted by atomic mass is 19.1. The summed E-state index contributed by atoms with van der Waals surface area (Å²) in [6.45, 7) is 1.70. The first-order valence-corrected chi connectivity index (χ1v) is 9.95. The molecule has 1 amide bonds. The minimum absolute atomic E-state index is 0.00753. The van der Waals surface area contributed by atoms with Crippen LogP contribution < -0.4 is 10.6 Å². The molecule has 1 aliphatic carbocycles. The smallest absolute Gasteiger partial charge is 0.256 e. The maximum Gasteiger partial charge on any atom is 0.256 e. The maximum absolute atomic E-state index is 14.0. The van der Waals surface area contributed by atoms with Gasteiger partial charge in [0.1, 0.15) is 23.0 Å². The van der Waals surface area contributed by atoms with Gasteiger partial charge in [0.25, 0.3) is 5.91 Å². The van der Waals surface area contributed by atoms with Gasteiger partial charge in [0, 0.05) is 17.8 Å². The lowest BCUT2D eigenvalue weighted by atomic mass is 9.93. The lowest BCUT2D eigenvalue weighted by molar-refractivity contribution is 0.0869. The Morgan fingerprint density at radius 2 is 2.00 bits per heavy atom. The summed E-state index contributed by atoms with van der Waals surface area (Å²) < 4.78 is 29.0. The number of amides is 1. The molecule has 1 fully saturated rings. The summed E-state index contributed by atoms with van der Waals surface area (Å²) in [7, 11) is 0. The average molecular weight is 415 g/mol. The summed E-state index contributed by atoms with van der Waals surface area (Å²) in [5.74, 6) is -0.901. The van der Waals surface area contributed by atoms with E-state index in [1.807, 2.05) is 0 Å². The minimum atomic E-state index is -0.537. The van der Waals surface area contributed by atoms with Gasteiger partial charge >= 0.3 is 0 Å². The van der Waals surface area contributed by atoms with Crippen LogP contribution >= 0.6 is 0 Å². The Kier molecular flexibility index (Phi) is 5.63. The van der Waals surface area contributed by atoms with Crippen molar-refractivity contribution in [3.8, 4) is 0 Å². The molecule has 2 aromatic heterocycles. The van der Waals surface area contributed by atoms with Crippen molar-refractivity contribution in [2.75, 3.05) is 5.32 Å². The molecule has 3 aromatic rings. The van der Waals surface area contributed by atoms with Gasteiger partial charge < -0.3 is 15.7 Å². The molecule has 1 unspecified atom stereocenters. The number of aliphatic hydroxyl groups excluding tert-OH is 1. The monoisotopic (exact) mass is 415 g/mol. The van der Waals surface area contributed by atoms with Gasteiger partial charge in [0.05, 0.1) is 18.3 Å². The Morgan fingerprint density at radius 3 is 2.77 bits per heavy atom. The summed E-state index contributed by atoms with van der Waals surface area (Å²) in [6.07, 6.45) is 5.59. The van der Waals surface area contributed by atoms with E-state index < -0.39 is 17.7 Å². The molecule has 0 bridgehead atoms. The van der Waals surface area contributed by atoms with Crippen LogP contribution in [0, 0.1) is 11.6 Å². The van der Waals surface area contributed by atoms with Crippen LogP contribution in [0.2, 0.25) is 0 Å². The molecule has 1 atom stereocenters. The van der Waals surface area contributed by atoms with Gasteiger partial charge in [0.15, 0.2) is 5.65 Å². The quantitative estimate of drug-likeness (QED) is 0.595. The lowest BCUT2D eigenvalue weighted by Gasteiger charge is -2.25. The van der Waals surface area contributed by atoms with Crippen LogP contribution in [0.15, 0.2) is 36.7 Å². The maximum atomic E-state index is 14.0. The van der Waals surface area contributed by atoms with Crippen LogP contribution in [0.5, 0.6) is 0 Å². The molecule has 9 heteroatoms. The molecule has 1 aliphatic rings. The molecule has 1 saturated carbocycles. The van der Waals surface area contributed by atoms with E-state index in [-0.39, 0.29) is 23.6 Å². The van der Waals surface area contributed by atoms with E-state index in [1.165, 1.54) is 10.7 Å². The molecule has 0 radical (unpaired) electrons. The number of aliphatic hydroxyl groups is 1. The van der Waals surface area contributed by atoms with Gasteiger partial charge in [-0.05, 0) is 56.9 Å². The Morgan fingerprint density at radius 1 is 1.23 bits per heavy atom. The van der Waals surface area contributed by atoms with Crippen LogP contribution in [-0.2, 0) is 0 Å². The molecular weight excluding hydrogens is 392 g/mol. The van der Waals surface area contributed by atoms with Crippen molar-refractivity contribution in [2.24, 2.45) is 0 Å². The standard InChI is InChI=1S/C21H23F2N5O2/c1-12(16-10-13(22)2-7-18(16)23)25-19-8-9-28-20(27-19)17(11-24-28)21(30)26-14-3-5-15(29)6-4-14/h2,7-12,14-15,29H,3-6H2,1H3,(H,25,27)(H,26,30). The van der Waals surface area contributed by atoms with E-state index in [0.29, 0.717) is 29.9 Å². The SMILES string of the molecule is CC(Nc1ccn2ncc(C(=O)NC3CCC(O)CC3)c2n1)c1cc(F)ccc1F. The number of halogens is 2. The predicted octanol–water partition coefficient (Wildman–Crippen LogP) is 3.21. The van der Waals surface area contributed by atoms with Crippen molar-refractivity contribution in [1.82, 2.24) is 19.9 Å². The number of nitrogens with one attached hydrogen (secondary N) is 2. The summed E-state index contributed by atoms with van der Waals surface area (Å²) in [5.41, 5.74) is 0.872. The van der Waals surface area contributed by atoms with Crippen molar-refractivity contribution in [1.29, 1.82) is 0 Å². The fourth-order valence-electron chi connectivity index (χ4n) is 3.74. The molecule has 30 heavy (non-hydrogen) atoms. The number of hydrogen-bond donors (Lipinski definition) is 3. The third kappa shape index (κ3) is 4.25. The number of hydrogen-bond acceptors (Lipinski definition) is 5. The largest absolute Gasteiger partial charge is 0.393 e. The first-order chi connectivity index (χ1) is 14.4. The van der Waals surface area contributed by atoms with E-state index in [1.54, 1.807) is 19.2 Å². The fraction of sp³-hybridized carbons (Fsp3) is 0.381. The van der Waals surface area contributed by atoms with Gasteiger partial charge in [-0.2, -0.15) is 5.10 Å². The summed E-state index contributed by atoms with van der Waals surface area (Å²) >= 11 is 0. The number of rotatable bonds is 5. The van der Waals surface area contributed by atoms with E-state index in [2.05, 4.69) is 20.7 Å². The summed E-state index contributed by atoms with van der Waals surface area (Å²) in [5, 5.41) is 19.8. The van der Waals surface area contributed by atoms with Gasteiger partial charge in [0.2, 0.25) is 0 Å². The fourth-order valence-corrected chi connectivity index (χ4v) is 3.74. The number of carbonyl (C=O) groups is 1. The van der Waals surface area contributed by atoms with Crippen LogP contribution in [-0.4, -0.2) is 37.8 Å². The number of nitrogens with zero attached hydrogens (tertiary/aromatic N) is 3. The predicted molar refractivity (Wildman–Crippen MR) is 107 cm³/mol. The van der Waals surface area contributed by atoms with Gasteiger partial charge in [-0.25, -0.2) is 18.3 Å². The second kappa shape index (κ2) is 8.35. The molecule has 0 aliphatic heterocycles. The number of benzene rings is 1. The zero-order valence-corrected chi connectivity index (χ0v) is 16.5. The van der Waals surface area contributed by atoms with Crippen LogP contribution in [0.25, 0.3) is 5.65 Å². The van der Waals surface area contributed by atoms with Crippen molar-refractivity contribution in [3.05, 3.63) is 59.4 Å². The van der Waals surface area contributed by atoms with E-state index in [0.717, 1.165) is 31.0 Å². The highest BCUT2D eigenvalue weighted by molar-refractivity contribution is 5.99. The van der Waals surface area contributed by atoms with Gasteiger partial charge in [-0.1, -0.05) is 0 Å². The number of fused-ring (bicyclic) bond motifs is 1. The third-order valence-corrected chi connectivity index (χ3v) is 5.43. The highest BCUT2D eigenvalue weighted by Crippen LogP contribution is 2.23. The zero-order valence-electron chi connectivity index (χ0n) is 16.5.